The van der Waals surface area contributed by atoms with Crippen molar-refractivity contribution in [2.75, 3.05) is 5.73 Å². The zero-order chi connectivity index (χ0) is 12.4. The maximum absolute atomic E-state index is 12.7. The standard InChI is InChI=1S/C11H8FN3O2/c12-7-3-1-6(2-4-7)8-5-9(10(16)17)15-11(13)14-8/h1-5H,(H,16,17)(H2,13,14,15). The Hall–Kier alpha value is -2.50. The minimum atomic E-state index is -1.19. The molecule has 0 amide bonds. The molecule has 6 heteroatoms. The highest BCUT2D eigenvalue weighted by atomic mass is 19.1. The number of aromatic nitrogens is 2. The highest BCUT2D eigenvalue weighted by Gasteiger charge is 2.10. The van der Waals surface area contributed by atoms with E-state index in [1.54, 1.807) is 0 Å². The van der Waals surface area contributed by atoms with E-state index in [1.807, 2.05) is 0 Å². The number of rotatable bonds is 2. The van der Waals surface area contributed by atoms with Crippen molar-refractivity contribution in [3.8, 4) is 11.3 Å². The molecule has 2 aromatic rings. The smallest absolute Gasteiger partial charge is 0.354 e. The third-order valence-electron chi connectivity index (χ3n) is 2.10. The second-order valence-corrected chi connectivity index (χ2v) is 3.31. The van der Waals surface area contributed by atoms with E-state index in [4.69, 9.17) is 10.8 Å². The maximum atomic E-state index is 12.7. The lowest BCUT2D eigenvalue weighted by Gasteiger charge is -2.03. The van der Waals surface area contributed by atoms with Crippen LogP contribution in [0.4, 0.5) is 10.3 Å². The SMILES string of the molecule is Nc1nc(C(=O)O)cc(-c2ccc(F)cc2)n1. The third kappa shape index (κ3) is 2.36. The van der Waals surface area contributed by atoms with Gasteiger partial charge in [-0.25, -0.2) is 19.2 Å². The Morgan fingerprint density at radius 1 is 1.24 bits per heavy atom. The van der Waals surface area contributed by atoms with E-state index in [-0.39, 0.29) is 17.5 Å². The first-order valence-electron chi connectivity index (χ1n) is 4.70. The van der Waals surface area contributed by atoms with Crippen molar-refractivity contribution < 1.29 is 14.3 Å². The van der Waals surface area contributed by atoms with Crippen LogP contribution in [-0.2, 0) is 0 Å². The van der Waals surface area contributed by atoms with E-state index in [1.165, 1.54) is 30.3 Å². The van der Waals surface area contributed by atoms with Gasteiger partial charge in [0.1, 0.15) is 5.82 Å². The van der Waals surface area contributed by atoms with Gasteiger partial charge in [0.2, 0.25) is 5.95 Å². The van der Waals surface area contributed by atoms with Gasteiger partial charge in [-0.15, -0.1) is 0 Å². The van der Waals surface area contributed by atoms with Gasteiger partial charge >= 0.3 is 5.97 Å². The van der Waals surface area contributed by atoms with Gasteiger partial charge in [-0.1, -0.05) is 0 Å². The van der Waals surface area contributed by atoms with Crippen molar-refractivity contribution in [2.45, 2.75) is 0 Å². The molecule has 0 bridgehead atoms. The predicted molar refractivity (Wildman–Crippen MR) is 58.8 cm³/mol. The molecule has 0 fully saturated rings. The van der Waals surface area contributed by atoms with E-state index in [9.17, 15) is 9.18 Å². The number of nitrogens with zero attached hydrogens (tertiary/aromatic N) is 2. The molecular weight excluding hydrogens is 225 g/mol. The summed E-state index contributed by atoms with van der Waals surface area (Å²) in [6, 6.07) is 6.78. The summed E-state index contributed by atoms with van der Waals surface area (Å²) in [5.41, 5.74) is 6.12. The van der Waals surface area contributed by atoms with E-state index < -0.39 is 5.97 Å². The van der Waals surface area contributed by atoms with E-state index >= 15 is 0 Å². The average molecular weight is 233 g/mol. The molecule has 0 atom stereocenters. The molecule has 0 aliphatic carbocycles. The van der Waals surface area contributed by atoms with Gasteiger partial charge in [0.25, 0.3) is 0 Å². The van der Waals surface area contributed by atoms with Crippen LogP contribution in [0.1, 0.15) is 10.5 Å². The first-order valence-corrected chi connectivity index (χ1v) is 4.70. The van der Waals surface area contributed by atoms with Crippen molar-refractivity contribution in [2.24, 2.45) is 0 Å². The fraction of sp³-hybridized carbons (Fsp3) is 0. The lowest BCUT2D eigenvalue weighted by molar-refractivity contribution is 0.0690. The first kappa shape index (κ1) is 11.0. The Morgan fingerprint density at radius 2 is 1.88 bits per heavy atom. The van der Waals surface area contributed by atoms with Gasteiger partial charge in [0, 0.05) is 5.56 Å². The fourth-order valence-electron chi connectivity index (χ4n) is 1.34. The Kier molecular flexibility index (Phi) is 2.70. The average Bonchev–Trinajstić information content (AvgIpc) is 2.29. The van der Waals surface area contributed by atoms with E-state index in [0.717, 1.165) is 0 Å². The number of benzene rings is 1. The summed E-state index contributed by atoms with van der Waals surface area (Å²) in [5, 5.41) is 8.82. The Bertz CT molecular complexity index is 569. The highest BCUT2D eigenvalue weighted by molar-refractivity contribution is 5.87. The summed E-state index contributed by atoms with van der Waals surface area (Å²) in [5.74, 6) is -1.71. The molecule has 86 valence electrons. The van der Waals surface area contributed by atoms with Gasteiger partial charge in [-0.3, -0.25) is 0 Å². The molecule has 1 aromatic heterocycles. The molecule has 2 rings (SSSR count). The number of carboxylic acids is 1. The van der Waals surface area contributed by atoms with Gasteiger partial charge in [0.15, 0.2) is 5.69 Å². The van der Waals surface area contributed by atoms with Gasteiger partial charge in [0.05, 0.1) is 5.69 Å². The number of nitrogen functional groups attached to an aromatic ring is 1. The summed E-state index contributed by atoms with van der Waals surface area (Å²) in [6.45, 7) is 0. The zero-order valence-electron chi connectivity index (χ0n) is 8.59. The van der Waals surface area contributed by atoms with Crippen LogP contribution < -0.4 is 5.73 Å². The number of hydrogen-bond donors (Lipinski definition) is 2. The maximum Gasteiger partial charge on any atom is 0.354 e. The molecule has 1 heterocycles. The van der Waals surface area contributed by atoms with Gasteiger partial charge < -0.3 is 10.8 Å². The number of hydrogen-bond acceptors (Lipinski definition) is 4. The molecule has 0 saturated carbocycles. The highest BCUT2D eigenvalue weighted by Crippen LogP contribution is 2.18. The molecule has 0 saturated heterocycles. The zero-order valence-corrected chi connectivity index (χ0v) is 8.59. The van der Waals surface area contributed by atoms with Crippen LogP contribution in [0.15, 0.2) is 30.3 Å². The Morgan fingerprint density at radius 3 is 2.47 bits per heavy atom. The molecule has 17 heavy (non-hydrogen) atoms. The van der Waals surface area contributed by atoms with Crippen LogP contribution >= 0.6 is 0 Å². The lowest BCUT2D eigenvalue weighted by Crippen LogP contribution is -2.06. The van der Waals surface area contributed by atoms with E-state index in [0.29, 0.717) is 11.3 Å². The second kappa shape index (κ2) is 4.17. The molecule has 0 aliphatic rings. The second-order valence-electron chi connectivity index (χ2n) is 3.31. The summed E-state index contributed by atoms with van der Waals surface area (Å²) < 4.78 is 12.7. The van der Waals surface area contributed by atoms with Crippen molar-refractivity contribution in [3.05, 3.63) is 41.8 Å². The number of halogens is 1. The number of nitrogens with two attached hydrogens (primary N) is 1. The summed E-state index contributed by atoms with van der Waals surface area (Å²) in [4.78, 5) is 18.3. The monoisotopic (exact) mass is 233 g/mol. The molecule has 0 aliphatic heterocycles. The van der Waals surface area contributed by atoms with Crippen LogP contribution in [-0.4, -0.2) is 21.0 Å². The lowest BCUT2D eigenvalue weighted by atomic mass is 10.1. The molecule has 5 nitrogen and oxygen atoms in total. The van der Waals surface area contributed by atoms with Crippen molar-refractivity contribution in [1.82, 2.24) is 9.97 Å². The molecule has 0 unspecified atom stereocenters. The molecular formula is C11H8FN3O2. The van der Waals surface area contributed by atoms with Crippen LogP contribution in [0.3, 0.4) is 0 Å². The fourth-order valence-corrected chi connectivity index (χ4v) is 1.34. The van der Waals surface area contributed by atoms with Crippen LogP contribution in [0.5, 0.6) is 0 Å². The number of carboxylic acid groups (broad SMARTS) is 1. The Balaban J connectivity index is 2.51. The van der Waals surface area contributed by atoms with Gasteiger partial charge in [-0.05, 0) is 30.3 Å². The molecule has 0 spiro atoms. The van der Waals surface area contributed by atoms with E-state index in [2.05, 4.69) is 9.97 Å². The molecule has 1 aromatic carbocycles. The van der Waals surface area contributed by atoms with Crippen LogP contribution in [0, 0.1) is 5.82 Å². The molecule has 3 N–H and O–H groups in total. The minimum Gasteiger partial charge on any atom is -0.477 e. The quantitative estimate of drug-likeness (QED) is 0.821. The topological polar surface area (TPSA) is 89.1 Å². The first-order chi connectivity index (χ1) is 8.06. The normalized spacial score (nSPS) is 10.2. The predicted octanol–water partition coefficient (Wildman–Crippen LogP) is 1.56. The number of carbonyl (C=O) groups is 1. The minimum absolute atomic E-state index is 0.135. The Labute approximate surface area is 95.8 Å². The summed E-state index contributed by atoms with van der Waals surface area (Å²) in [6.07, 6.45) is 0. The number of anilines is 1. The largest absolute Gasteiger partial charge is 0.477 e. The van der Waals surface area contributed by atoms with Crippen LogP contribution in [0.25, 0.3) is 11.3 Å². The van der Waals surface area contributed by atoms with Gasteiger partial charge in [-0.2, -0.15) is 0 Å². The van der Waals surface area contributed by atoms with Crippen LogP contribution in [0.2, 0.25) is 0 Å². The third-order valence-corrected chi connectivity index (χ3v) is 2.10. The summed E-state index contributed by atoms with van der Waals surface area (Å²) in [7, 11) is 0. The van der Waals surface area contributed by atoms with Crippen molar-refractivity contribution >= 4 is 11.9 Å². The number of aromatic carboxylic acids is 1. The summed E-state index contributed by atoms with van der Waals surface area (Å²) >= 11 is 0. The van der Waals surface area contributed by atoms with Crippen molar-refractivity contribution in [3.63, 3.8) is 0 Å². The van der Waals surface area contributed by atoms with Crippen molar-refractivity contribution in [1.29, 1.82) is 0 Å². The molecule has 0 radical (unpaired) electrons.